The molecule has 190 valence electrons. The van der Waals surface area contributed by atoms with Crippen molar-refractivity contribution in [1.29, 1.82) is 0 Å². The number of sulfonamides is 1. The summed E-state index contributed by atoms with van der Waals surface area (Å²) in [6.07, 6.45) is 3.56. The predicted octanol–water partition coefficient (Wildman–Crippen LogP) is 4.56. The molecule has 0 spiro atoms. The number of thiophene rings is 1. The molecule has 0 bridgehead atoms. The number of nitrogens with one attached hydrogen (secondary N) is 1. The highest BCUT2D eigenvalue weighted by atomic mass is 32.2. The fourth-order valence-electron chi connectivity index (χ4n) is 4.32. The monoisotopic (exact) mass is 528 g/mol. The molecule has 0 saturated carbocycles. The van der Waals surface area contributed by atoms with Gasteiger partial charge in [0.2, 0.25) is 5.91 Å². The number of benzene rings is 2. The molecule has 1 N–H and O–H groups in total. The van der Waals surface area contributed by atoms with E-state index >= 15 is 0 Å². The van der Waals surface area contributed by atoms with Gasteiger partial charge < -0.3 is 14.8 Å². The van der Waals surface area contributed by atoms with Crippen LogP contribution in [-0.2, 0) is 32.4 Å². The fraction of sp³-hybridized carbons (Fsp3) is 0.308. The second-order valence-electron chi connectivity index (χ2n) is 8.43. The molecule has 0 fully saturated rings. The summed E-state index contributed by atoms with van der Waals surface area (Å²) in [5, 5.41) is 3.18. The number of carbonyl (C=O) groups is 2. The molecule has 0 radical (unpaired) electrons. The van der Waals surface area contributed by atoms with E-state index < -0.39 is 28.4 Å². The maximum atomic E-state index is 13.7. The molecule has 1 aromatic heterocycles. The van der Waals surface area contributed by atoms with E-state index in [1.807, 2.05) is 0 Å². The summed E-state index contributed by atoms with van der Waals surface area (Å²) in [5.74, 6) is -0.502. The number of aryl methyl sites for hydroxylation is 2. The molecular weight excluding hydrogens is 500 g/mol. The van der Waals surface area contributed by atoms with Gasteiger partial charge in [0, 0.05) is 4.88 Å². The van der Waals surface area contributed by atoms with Crippen molar-refractivity contribution >= 4 is 43.9 Å². The molecule has 0 saturated heterocycles. The van der Waals surface area contributed by atoms with Gasteiger partial charge in [0.15, 0.2) is 0 Å². The average Bonchev–Trinajstić information content (AvgIpc) is 3.24. The van der Waals surface area contributed by atoms with E-state index in [2.05, 4.69) is 5.32 Å². The summed E-state index contributed by atoms with van der Waals surface area (Å²) in [4.78, 5) is 26.9. The van der Waals surface area contributed by atoms with Crippen molar-refractivity contribution in [3.63, 3.8) is 0 Å². The van der Waals surface area contributed by atoms with Crippen LogP contribution in [0, 0.1) is 6.92 Å². The summed E-state index contributed by atoms with van der Waals surface area (Å²) in [6.45, 7) is 1.28. The molecule has 1 amide bonds. The minimum atomic E-state index is -4.09. The van der Waals surface area contributed by atoms with E-state index in [-0.39, 0.29) is 4.90 Å². The lowest BCUT2D eigenvalue weighted by molar-refractivity contribution is -0.114. The van der Waals surface area contributed by atoms with E-state index in [9.17, 15) is 18.0 Å². The molecule has 0 atom stereocenters. The molecule has 1 aliphatic rings. The second kappa shape index (κ2) is 10.7. The topological polar surface area (TPSA) is 102 Å². The Morgan fingerprint density at radius 1 is 1.06 bits per heavy atom. The van der Waals surface area contributed by atoms with Crippen molar-refractivity contribution in [2.45, 2.75) is 37.5 Å². The van der Waals surface area contributed by atoms with Crippen LogP contribution in [0.1, 0.15) is 39.2 Å². The standard InChI is InChI=1S/C26H28N2O6S2/c1-17-15-19(13-14-21(17)33-2)36(31,32)28(18-9-5-4-6-10-18)16-23(29)27-25-24(26(30)34-3)20-11-7-8-12-22(20)35-25/h4-6,9-10,13-15H,7-8,11-12,16H2,1-3H3,(H,27,29). The van der Waals surface area contributed by atoms with Crippen molar-refractivity contribution in [3.8, 4) is 5.75 Å². The zero-order valence-corrected chi connectivity index (χ0v) is 22.0. The van der Waals surface area contributed by atoms with Gasteiger partial charge in [-0.3, -0.25) is 9.10 Å². The van der Waals surface area contributed by atoms with Crippen LogP contribution < -0.4 is 14.4 Å². The van der Waals surface area contributed by atoms with Gasteiger partial charge >= 0.3 is 5.97 Å². The highest BCUT2D eigenvalue weighted by Crippen LogP contribution is 2.38. The van der Waals surface area contributed by atoms with Gasteiger partial charge in [0.25, 0.3) is 10.0 Å². The number of amides is 1. The molecular formula is C26H28N2O6S2. The van der Waals surface area contributed by atoms with Crippen molar-refractivity contribution < 1.29 is 27.5 Å². The minimum Gasteiger partial charge on any atom is -0.496 e. The van der Waals surface area contributed by atoms with Crippen LogP contribution in [0.2, 0.25) is 0 Å². The lowest BCUT2D eigenvalue weighted by Gasteiger charge is -2.24. The first-order chi connectivity index (χ1) is 17.3. The van der Waals surface area contributed by atoms with Crippen LogP contribution in [0.5, 0.6) is 5.75 Å². The Kier molecular flexibility index (Phi) is 7.65. The molecule has 10 heteroatoms. The number of ether oxygens (including phenoxy) is 2. The number of hydrogen-bond donors (Lipinski definition) is 1. The van der Waals surface area contributed by atoms with E-state index in [0.29, 0.717) is 27.6 Å². The van der Waals surface area contributed by atoms with Gasteiger partial charge in [-0.25, -0.2) is 13.2 Å². The number of rotatable bonds is 8. The number of methoxy groups -OCH3 is 2. The Balaban J connectivity index is 1.67. The first-order valence-corrected chi connectivity index (χ1v) is 13.8. The average molecular weight is 529 g/mol. The van der Waals surface area contributed by atoms with Crippen LogP contribution in [0.15, 0.2) is 53.4 Å². The first-order valence-electron chi connectivity index (χ1n) is 11.5. The lowest BCUT2D eigenvalue weighted by Crippen LogP contribution is -2.38. The molecule has 1 heterocycles. The summed E-state index contributed by atoms with van der Waals surface area (Å²) < 4.78 is 38.7. The number of anilines is 2. The van der Waals surface area contributed by atoms with E-state index in [1.54, 1.807) is 43.3 Å². The second-order valence-corrected chi connectivity index (χ2v) is 11.4. The Morgan fingerprint density at radius 2 is 1.78 bits per heavy atom. The number of esters is 1. The maximum absolute atomic E-state index is 13.7. The number of carbonyl (C=O) groups excluding carboxylic acids is 2. The van der Waals surface area contributed by atoms with Gasteiger partial charge in [0.05, 0.1) is 30.4 Å². The highest BCUT2D eigenvalue weighted by Gasteiger charge is 2.30. The van der Waals surface area contributed by atoms with Crippen LogP contribution in [-0.4, -0.2) is 41.1 Å². The van der Waals surface area contributed by atoms with E-state index in [0.717, 1.165) is 40.4 Å². The first kappa shape index (κ1) is 25.7. The number of para-hydroxylation sites is 1. The normalized spacial score (nSPS) is 13.0. The van der Waals surface area contributed by atoms with Crippen molar-refractivity contribution in [2.24, 2.45) is 0 Å². The summed E-state index contributed by atoms with van der Waals surface area (Å²) in [6, 6.07) is 13.0. The van der Waals surface area contributed by atoms with Crippen LogP contribution in [0.25, 0.3) is 0 Å². The maximum Gasteiger partial charge on any atom is 0.341 e. The fourth-order valence-corrected chi connectivity index (χ4v) is 7.12. The molecule has 0 aliphatic heterocycles. The van der Waals surface area contributed by atoms with Gasteiger partial charge in [-0.1, -0.05) is 18.2 Å². The van der Waals surface area contributed by atoms with E-state index in [4.69, 9.17) is 9.47 Å². The van der Waals surface area contributed by atoms with Crippen molar-refractivity contribution in [3.05, 3.63) is 70.1 Å². The number of hydrogen-bond acceptors (Lipinski definition) is 7. The molecule has 3 aromatic rings. The minimum absolute atomic E-state index is 0.0410. The number of nitrogens with zero attached hydrogens (tertiary/aromatic N) is 1. The molecule has 4 rings (SSSR count). The zero-order chi connectivity index (χ0) is 25.9. The third-order valence-electron chi connectivity index (χ3n) is 6.10. The molecule has 36 heavy (non-hydrogen) atoms. The quantitative estimate of drug-likeness (QED) is 0.430. The SMILES string of the molecule is COC(=O)c1c(NC(=O)CN(c2ccccc2)S(=O)(=O)c2ccc(OC)c(C)c2)sc2c1CCCC2. The molecule has 2 aromatic carbocycles. The summed E-state index contributed by atoms with van der Waals surface area (Å²) in [5.41, 5.74) is 2.28. The third-order valence-corrected chi connectivity index (χ3v) is 9.08. The van der Waals surface area contributed by atoms with Gasteiger partial charge in [0.1, 0.15) is 17.3 Å². The lowest BCUT2D eigenvalue weighted by atomic mass is 9.95. The summed E-state index contributed by atoms with van der Waals surface area (Å²) >= 11 is 1.35. The highest BCUT2D eigenvalue weighted by molar-refractivity contribution is 7.92. The smallest absolute Gasteiger partial charge is 0.341 e. The van der Waals surface area contributed by atoms with Gasteiger partial charge in [-0.05, 0) is 74.1 Å². The Morgan fingerprint density at radius 3 is 2.44 bits per heavy atom. The third kappa shape index (κ3) is 5.10. The molecule has 8 nitrogen and oxygen atoms in total. The van der Waals surface area contributed by atoms with Crippen molar-refractivity contribution in [2.75, 3.05) is 30.4 Å². The van der Waals surface area contributed by atoms with E-state index in [1.165, 1.54) is 37.7 Å². The zero-order valence-electron chi connectivity index (χ0n) is 20.4. The Hall–Kier alpha value is -3.37. The van der Waals surface area contributed by atoms with Gasteiger partial charge in [-0.15, -0.1) is 11.3 Å². The Labute approximate surface area is 214 Å². The predicted molar refractivity (Wildman–Crippen MR) is 140 cm³/mol. The molecule has 0 unspecified atom stereocenters. The summed E-state index contributed by atoms with van der Waals surface area (Å²) in [7, 11) is -1.27. The van der Waals surface area contributed by atoms with Crippen LogP contribution in [0.3, 0.4) is 0 Å². The largest absolute Gasteiger partial charge is 0.496 e. The number of fused-ring (bicyclic) bond motifs is 1. The van der Waals surface area contributed by atoms with Crippen LogP contribution >= 0.6 is 11.3 Å². The Bertz CT molecular complexity index is 1380. The van der Waals surface area contributed by atoms with Crippen molar-refractivity contribution in [1.82, 2.24) is 0 Å². The van der Waals surface area contributed by atoms with Gasteiger partial charge in [-0.2, -0.15) is 0 Å². The van der Waals surface area contributed by atoms with Crippen LogP contribution in [0.4, 0.5) is 10.7 Å². The molecule has 1 aliphatic carbocycles.